The van der Waals surface area contributed by atoms with Crippen molar-refractivity contribution in [3.63, 3.8) is 0 Å². The molecule has 3 nitrogen and oxygen atoms in total. The second-order valence-electron chi connectivity index (χ2n) is 4.67. The van der Waals surface area contributed by atoms with Crippen LogP contribution in [0.15, 0.2) is 46.4 Å². The minimum Gasteiger partial charge on any atom is -0.402 e. The van der Waals surface area contributed by atoms with Crippen LogP contribution in [0.5, 0.6) is 0 Å². The van der Waals surface area contributed by atoms with Gasteiger partial charge >= 0.3 is 5.97 Å². The Kier molecular flexibility index (Phi) is 3.24. The third-order valence-corrected chi connectivity index (χ3v) is 4.05. The van der Waals surface area contributed by atoms with Crippen LogP contribution < -0.4 is 0 Å². The van der Waals surface area contributed by atoms with Crippen LogP contribution in [0.1, 0.15) is 21.6 Å². The quantitative estimate of drug-likeness (QED) is 0.622. The van der Waals surface area contributed by atoms with E-state index in [1.54, 1.807) is 17.4 Å². The monoisotopic (exact) mass is 283 g/mol. The van der Waals surface area contributed by atoms with Crippen molar-refractivity contribution in [2.45, 2.75) is 13.8 Å². The molecule has 0 bridgehead atoms. The van der Waals surface area contributed by atoms with Crippen molar-refractivity contribution in [1.29, 1.82) is 0 Å². The number of aryl methyl sites for hydroxylation is 2. The highest BCUT2D eigenvalue weighted by atomic mass is 32.1. The summed E-state index contributed by atoms with van der Waals surface area (Å²) in [6.07, 6.45) is 1.78. The summed E-state index contributed by atoms with van der Waals surface area (Å²) in [6.45, 7) is 4.02. The van der Waals surface area contributed by atoms with Gasteiger partial charge in [0.1, 0.15) is 0 Å². The van der Waals surface area contributed by atoms with Gasteiger partial charge in [0.2, 0.25) is 5.90 Å². The van der Waals surface area contributed by atoms with Crippen molar-refractivity contribution in [2.24, 2.45) is 4.99 Å². The summed E-state index contributed by atoms with van der Waals surface area (Å²) in [6, 6.07) is 9.76. The smallest absolute Gasteiger partial charge is 0.363 e. The Labute approximate surface area is 121 Å². The molecule has 0 radical (unpaired) electrons. The molecule has 0 aliphatic carbocycles. The summed E-state index contributed by atoms with van der Waals surface area (Å²) in [4.78, 5) is 17.2. The summed E-state index contributed by atoms with van der Waals surface area (Å²) >= 11 is 1.58. The van der Waals surface area contributed by atoms with Crippen molar-refractivity contribution in [1.82, 2.24) is 0 Å². The Balaban J connectivity index is 1.95. The molecule has 0 saturated heterocycles. The number of esters is 1. The van der Waals surface area contributed by atoms with E-state index in [0.717, 1.165) is 21.6 Å². The van der Waals surface area contributed by atoms with Gasteiger partial charge in [-0.15, -0.1) is 11.3 Å². The normalized spacial score (nSPS) is 16.4. The SMILES string of the molecule is Cc1ccc(C2=N/C(=C\c3sccc3C)C(=O)O2)cc1. The highest BCUT2D eigenvalue weighted by molar-refractivity contribution is 7.11. The number of aliphatic imine (C=N–C) groups is 1. The highest BCUT2D eigenvalue weighted by Crippen LogP contribution is 2.23. The van der Waals surface area contributed by atoms with E-state index >= 15 is 0 Å². The molecule has 0 atom stereocenters. The first-order valence-electron chi connectivity index (χ1n) is 6.27. The molecular weight excluding hydrogens is 270 g/mol. The van der Waals surface area contributed by atoms with Crippen LogP contribution in [0.4, 0.5) is 0 Å². The van der Waals surface area contributed by atoms with Crippen LogP contribution in [0.2, 0.25) is 0 Å². The zero-order valence-electron chi connectivity index (χ0n) is 11.2. The van der Waals surface area contributed by atoms with Gasteiger partial charge in [0.15, 0.2) is 5.70 Å². The zero-order valence-corrected chi connectivity index (χ0v) is 12.0. The van der Waals surface area contributed by atoms with Gasteiger partial charge in [0.05, 0.1) is 0 Å². The molecule has 1 aromatic carbocycles. The van der Waals surface area contributed by atoms with Gasteiger partial charge in [-0.3, -0.25) is 0 Å². The first kappa shape index (κ1) is 12.8. The summed E-state index contributed by atoms with van der Waals surface area (Å²) < 4.78 is 5.24. The topological polar surface area (TPSA) is 38.7 Å². The lowest BCUT2D eigenvalue weighted by molar-refractivity contribution is -0.129. The average Bonchev–Trinajstić information content (AvgIpc) is 2.99. The van der Waals surface area contributed by atoms with Gasteiger partial charge in [-0.1, -0.05) is 17.7 Å². The maximum Gasteiger partial charge on any atom is 0.363 e. The number of carbonyl (C=O) groups excluding carboxylic acids is 1. The zero-order chi connectivity index (χ0) is 14.1. The summed E-state index contributed by atoms with van der Waals surface area (Å²) in [7, 11) is 0. The fourth-order valence-electron chi connectivity index (χ4n) is 1.89. The Hall–Kier alpha value is -2.20. The number of cyclic esters (lactones) is 1. The van der Waals surface area contributed by atoms with Gasteiger partial charge in [-0.05, 0) is 49.1 Å². The number of hydrogen-bond donors (Lipinski definition) is 0. The van der Waals surface area contributed by atoms with E-state index < -0.39 is 5.97 Å². The summed E-state index contributed by atoms with van der Waals surface area (Å²) in [5, 5.41) is 1.99. The van der Waals surface area contributed by atoms with Crippen LogP contribution in [0, 0.1) is 13.8 Å². The maximum atomic E-state index is 11.9. The van der Waals surface area contributed by atoms with Gasteiger partial charge in [0.25, 0.3) is 0 Å². The largest absolute Gasteiger partial charge is 0.402 e. The number of hydrogen-bond acceptors (Lipinski definition) is 4. The maximum absolute atomic E-state index is 11.9. The van der Waals surface area contributed by atoms with E-state index in [2.05, 4.69) is 4.99 Å². The second kappa shape index (κ2) is 5.06. The first-order valence-corrected chi connectivity index (χ1v) is 7.15. The fourth-order valence-corrected chi connectivity index (χ4v) is 2.74. The minimum atomic E-state index is -0.395. The Morgan fingerprint density at radius 3 is 2.55 bits per heavy atom. The van der Waals surface area contributed by atoms with Crippen LogP contribution in [-0.2, 0) is 9.53 Å². The third kappa shape index (κ3) is 2.42. The van der Waals surface area contributed by atoms with E-state index in [9.17, 15) is 4.79 Å². The number of thiophene rings is 1. The van der Waals surface area contributed by atoms with Crippen molar-refractivity contribution in [3.05, 3.63) is 63.0 Å². The fraction of sp³-hybridized carbons (Fsp3) is 0.125. The van der Waals surface area contributed by atoms with Crippen molar-refractivity contribution in [3.8, 4) is 0 Å². The molecule has 20 heavy (non-hydrogen) atoms. The minimum absolute atomic E-state index is 0.353. The lowest BCUT2D eigenvalue weighted by atomic mass is 10.1. The van der Waals surface area contributed by atoms with Gasteiger partial charge in [0, 0.05) is 10.4 Å². The molecule has 2 aromatic rings. The Morgan fingerprint density at radius 1 is 1.15 bits per heavy atom. The van der Waals surface area contributed by atoms with E-state index in [1.165, 1.54) is 0 Å². The van der Waals surface area contributed by atoms with E-state index in [-0.39, 0.29) is 0 Å². The molecular formula is C16H13NO2S. The summed E-state index contributed by atoms with van der Waals surface area (Å²) in [5.41, 5.74) is 3.46. The molecule has 0 unspecified atom stereocenters. The number of ether oxygens (including phenoxy) is 1. The molecule has 1 aliphatic heterocycles. The van der Waals surface area contributed by atoms with E-state index in [1.807, 2.05) is 49.6 Å². The lowest BCUT2D eigenvalue weighted by Crippen LogP contribution is -2.05. The lowest BCUT2D eigenvalue weighted by Gasteiger charge is -1.99. The molecule has 0 N–H and O–H groups in total. The van der Waals surface area contributed by atoms with Crippen LogP contribution >= 0.6 is 11.3 Å². The van der Waals surface area contributed by atoms with E-state index in [0.29, 0.717) is 11.6 Å². The third-order valence-electron chi connectivity index (χ3n) is 3.09. The van der Waals surface area contributed by atoms with Crippen molar-refractivity contribution in [2.75, 3.05) is 0 Å². The molecule has 0 fully saturated rings. The van der Waals surface area contributed by atoms with Crippen molar-refractivity contribution >= 4 is 29.3 Å². The highest BCUT2D eigenvalue weighted by Gasteiger charge is 2.24. The van der Waals surface area contributed by atoms with Crippen LogP contribution in [0.3, 0.4) is 0 Å². The van der Waals surface area contributed by atoms with Gasteiger partial charge < -0.3 is 4.74 Å². The molecule has 0 amide bonds. The molecule has 3 rings (SSSR count). The van der Waals surface area contributed by atoms with E-state index in [4.69, 9.17) is 4.74 Å². The predicted octanol–water partition coefficient (Wildman–Crippen LogP) is 3.71. The van der Waals surface area contributed by atoms with Gasteiger partial charge in [-0.2, -0.15) is 0 Å². The van der Waals surface area contributed by atoms with Gasteiger partial charge in [-0.25, -0.2) is 9.79 Å². The number of nitrogens with zero attached hydrogens (tertiary/aromatic N) is 1. The standard InChI is InChI=1S/C16H13NO2S/c1-10-3-5-12(6-4-10)15-17-13(16(18)19-15)9-14-11(2)7-8-20-14/h3-9H,1-2H3/b13-9-. The molecule has 0 saturated carbocycles. The molecule has 1 aromatic heterocycles. The molecule has 0 spiro atoms. The van der Waals surface area contributed by atoms with Crippen LogP contribution in [0.25, 0.3) is 6.08 Å². The first-order chi connectivity index (χ1) is 9.63. The molecule has 1 aliphatic rings. The summed E-state index contributed by atoms with van der Waals surface area (Å²) in [5.74, 6) is -0.0242. The Morgan fingerprint density at radius 2 is 1.90 bits per heavy atom. The number of carbonyl (C=O) groups is 1. The molecule has 100 valence electrons. The van der Waals surface area contributed by atoms with Crippen molar-refractivity contribution < 1.29 is 9.53 Å². The predicted molar refractivity (Wildman–Crippen MR) is 80.8 cm³/mol. The molecule has 2 heterocycles. The number of benzene rings is 1. The Bertz CT molecular complexity index is 723. The molecule has 4 heteroatoms. The number of rotatable bonds is 2. The average molecular weight is 283 g/mol. The second-order valence-corrected chi connectivity index (χ2v) is 5.62. The van der Waals surface area contributed by atoms with Crippen LogP contribution in [-0.4, -0.2) is 11.9 Å².